The molecule has 20 heavy (non-hydrogen) atoms. The van der Waals surface area contributed by atoms with Gasteiger partial charge in [0.1, 0.15) is 11.9 Å². The summed E-state index contributed by atoms with van der Waals surface area (Å²) in [5, 5.41) is 9.85. The monoisotopic (exact) mass is 273 g/mol. The Balaban J connectivity index is 2.63. The molecule has 104 valence electrons. The molecule has 0 saturated heterocycles. The summed E-state index contributed by atoms with van der Waals surface area (Å²) in [4.78, 5) is 28.4. The lowest BCUT2D eigenvalue weighted by atomic mass is 10.1. The number of aliphatic carboxylic acids is 1. The van der Waals surface area contributed by atoms with Crippen LogP contribution in [0.25, 0.3) is 10.9 Å². The van der Waals surface area contributed by atoms with E-state index in [1.807, 2.05) is 18.2 Å². The van der Waals surface area contributed by atoms with Crippen LogP contribution in [-0.2, 0) is 4.79 Å². The Morgan fingerprint density at radius 3 is 2.60 bits per heavy atom. The molecule has 0 saturated carbocycles. The van der Waals surface area contributed by atoms with Gasteiger partial charge in [-0.05, 0) is 19.1 Å². The lowest BCUT2D eigenvalue weighted by Crippen LogP contribution is -2.37. The SMILES string of the molecule is CC(C(=O)O)N(C)c1nc2ccccc2cc1C(N)=O. The van der Waals surface area contributed by atoms with Crippen molar-refractivity contribution in [3.05, 3.63) is 35.9 Å². The predicted molar refractivity (Wildman–Crippen MR) is 75.8 cm³/mol. The summed E-state index contributed by atoms with van der Waals surface area (Å²) in [6, 6.07) is 8.08. The van der Waals surface area contributed by atoms with Gasteiger partial charge in [-0.15, -0.1) is 0 Å². The lowest BCUT2D eigenvalue weighted by molar-refractivity contribution is -0.138. The van der Waals surface area contributed by atoms with E-state index in [1.165, 1.54) is 11.8 Å². The predicted octanol–water partition coefficient (Wildman–Crippen LogP) is 1.24. The Kier molecular flexibility index (Phi) is 3.56. The Labute approximate surface area is 115 Å². The largest absolute Gasteiger partial charge is 0.480 e. The summed E-state index contributed by atoms with van der Waals surface area (Å²) in [7, 11) is 1.57. The number of nitrogens with two attached hydrogens (primary N) is 1. The van der Waals surface area contributed by atoms with Gasteiger partial charge in [0.2, 0.25) is 0 Å². The van der Waals surface area contributed by atoms with Crippen LogP contribution in [0.15, 0.2) is 30.3 Å². The number of carbonyl (C=O) groups is 2. The fourth-order valence-electron chi connectivity index (χ4n) is 1.91. The summed E-state index contributed by atoms with van der Waals surface area (Å²) in [5.74, 6) is -1.37. The summed E-state index contributed by atoms with van der Waals surface area (Å²) < 4.78 is 0. The highest BCUT2D eigenvalue weighted by molar-refractivity contribution is 6.02. The van der Waals surface area contributed by atoms with Crippen molar-refractivity contribution in [1.82, 2.24) is 4.98 Å². The molecule has 1 amide bonds. The number of primary amides is 1. The van der Waals surface area contributed by atoms with E-state index in [-0.39, 0.29) is 11.4 Å². The van der Waals surface area contributed by atoms with Gasteiger partial charge in [-0.25, -0.2) is 9.78 Å². The van der Waals surface area contributed by atoms with Crippen molar-refractivity contribution in [1.29, 1.82) is 0 Å². The van der Waals surface area contributed by atoms with Gasteiger partial charge in [0.25, 0.3) is 5.91 Å². The van der Waals surface area contributed by atoms with Crippen molar-refractivity contribution in [3.63, 3.8) is 0 Å². The number of carbonyl (C=O) groups excluding carboxylic acids is 1. The number of fused-ring (bicyclic) bond motifs is 1. The number of hydrogen-bond acceptors (Lipinski definition) is 4. The molecular formula is C14H15N3O3. The molecule has 2 aromatic rings. The van der Waals surface area contributed by atoms with Crippen LogP contribution in [0.3, 0.4) is 0 Å². The second kappa shape index (κ2) is 5.16. The molecule has 0 fully saturated rings. The van der Waals surface area contributed by atoms with Crippen LogP contribution >= 0.6 is 0 Å². The zero-order valence-electron chi connectivity index (χ0n) is 11.2. The number of carboxylic acid groups (broad SMARTS) is 1. The minimum absolute atomic E-state index is 0.208. The highest BCUT2D eigenvalue weighted by Gasteiger charge is 2.23. The van der Waals surface area contributed by atoms with E-state index in [4.69, 9.17) is 10.8 Å². The van der Waals surface area contributed by atoms with Gasteiger partial charge >= 0.3 is 5.97 Å². The molecule has 6 heteroatoms. The van der Waals surface area contributed by atoms with Gasteiger partial charge in [-0.1, -0.05) is 18.2 Å². The molecule has 0 aliphatic rings. The number of nitrogens with zero attached hydrogens (tertiary/aromatic N) is 2. The third kappa shape index (κ3) is 2.40. The van der Waals surface area contributed by atoms with Crippen molar-refractivity contribution >= 4 is 28.6 Å². The highest BCUT2D eigenvalue weighted by Crippen LogP contribution is 2.23. The van der Waals surface area contributed by atoms with E-state index in [2.05, 4.69) is 4.98 Å². The van der Waals surface area contributed by atoms with Gasteiger partial charge in [-0.2, -0.15) is 0 Å². The molecule has 0 spiro atoms. The number of pyridine rings is 1. The first kappa shape index (κ1) is 13.8. The van der Waals surface area contributed by atoms with E-state index in [1.54, 1.807) is 19.2 Å². The molecule has 1 atom stereocenters. The number of benzene rings is 1. The maximum absolute atomic E-state index is 11.6. The number of para-hydroxylation sites is 1. The van der Waals surface area contributed by atoms with E-state index < -0.39 is 17.9 Å². The third-order valence-electron chi connectivity index (χ3n) is 3.24. The smallest absolute Gasteiger partial charge is 0.326 e. The Morgan fingerprint density at radius 1 is 1.35 bits per heavy atom. The molecule has 3 N–H and O–H groups in total. The molecule has 2 rings (SSSR count). The maximum Gasteiger partial charge on any atom is 0.326 e. The second-order valence-electron chi connectivity index (χ2n) is 4.54. The van der Waals surface area contributed by atoms with Crippen LogP contribution in [-0.4, -0.2) is 35.1 Å². The maximum atomic E-state index is 11.6. The van der Waals surface area contributed by atoms with E-state index >= 15 is 0 Å². The van der Waals surface area contributed by atoms with Crippen molar-refractivity contribution in [3.8, 4) is 0 Å². The van der Waals surface area contributed by atoms with Crippen LogP contribution in [0.5, 0.6) is 0 Å². The van der Waals surface area contributed by atoms with Crippen LogP contribution in [0.2, 0.25) is 0 Å². The average Bonchev–Trinajstić information content (AvgIpc) is 2.44. The third-order valence-corrected chi connectivity index (χ3v) is 3.24. The number of amides is 1. The summed E-state index contributed by atoms with van der Waals surface area (Å²) in [6.45, 7) is 1.52. The number of rotatable bonds is 4. The van der Waals surface area contributed by atoms with Gasteiger partial charge < -0.3 is 15.7 Å². The number of aromatic nitrogens is 1. The fourth-order valence-corrected chi connectivity index (χ4v) is 1.91. The summed E-state index contributed by atoms with van der Waals surface area (Å²) in [6.07, 6.45) is 0. The zero-order valence-corrected chi connectivity index (χ0v) is 11.2. The Morgan fingerprint density at radius 2 is 2.00 bits per heavy atom. The van der Waals surface area contributed by atoms with Crippen LogP contribution in [0.4, 0.5) is 5.82 Å². The Hall–Kier alpha value is -2.63. The summed E-state index contributed by atoms with van der Waals surface area (Å²) in [5.41, 5.74) is 6.25. The minimum Gasteiger partial charge on any atom is -0.480 e. The summed E-state index contributed by atoms with van der Waals surface area (Å²) >= 11 is 0. The van der Waals surface area contributed by atoms with Crippen molar-refractivity contribution in [2.75, 3.05) is 11.9 Å². The van der Waals surface area contributed by atoms with E-state index in [9.17, 15) is 9.59 Å². The lowest BCUT2D eigenvalue weighted by Gasteiger charge is -2.24. The molecular weight excluding hydrogens is 258 g/mol. The van der Waals surface area contributed by atoms with E-state index in [0.29, 0.717) is 5.52 Å². The number of carboxylic acids is 1. The van der Waals surface area contributed by atoms with Crippen molar-refractivity contribution in [2.45, 2.75) is 13.0 Å². The van der Waals surface area contributed by atoms with Crippen LogP contribution in [0.1, 0.15) is 17.3 Å². The molecule has 6 nitrogen and oxygen atoms in total. The highest BCUT2D eigenvalue weighted by atomic mass is 16.4. The normalized spacial score (nSPS) is 12.1. The molecule has 0 bridgehead atoms. The van der Waals surface area contributed by atoms with Crippen LogP contribution < -0.4 is 10.6 Å². The first-order chi connectivity index (χ1) is 9.41. The molecule has 0 aliphatic heterocycles. The average molecular weight is 273 g/mol. The Bertz CT molecular complexity index is 684. The molecule has 1 aromatic carbocycles. The first-order valence-corrected chi connectivity index (χ1v) is 6.07. The van der Waals surface area contributed by atoms with E-state index in [0.717, 1.165) is 5.39 Å². The molecule has 1 aromatic heterocycles. The number of likely N-dealkylation sites (N-methyl/N-ethyl adjacent to an activating group) is 1. The van der Waals surface area contributed by atoms with Crippen molar-refractivity contribution < 1.29 is 14.7 Å². The minimum atomic E-state index is -1.00. The quantitative estimate of drug-likeness (QED) is 0.873. The molecule has 1 unspecified atom stereocenters. The van der Waals surface area contributed by atoms with Gasteiger partial charge in [-0.3, -0.25) is 4.79 Å². The molecule has 0 aliphatic carbocycles. The first-order valence-electron chi connectivity index (χ1n) is 6.07. The number of hydrogen-bond donors (Lipinski definition) is 2. The van der Waals surface area contributed by atoms with Crippen molar-refractivity contribution in [2.24, 2.45) is 5.73 Å². The fraction of sp³-hybridized carbons (Fsp3) is 0.214. The topological polar surface area (TPSA) is 96.5 Å². The van der Waals surface area contributed by atoms with Gasteiger partial charge in [0.05, 0.1) is 11.1 Å². The second-order valence-corrected chi connectivity index (χ2v) is 4.54. The number of anilines is 1. The van der Waals surface area contributed by atoms with Crippen LogP contribution in [0, 0.1) is 0 Å². The standard InChI is InChI=1S/C14H15N3O3/c1-8(14(19)20)17(2)13-10(12(15)18)7-9-5-3-4-6-11(9)16-13/h3-8H,1-2H3,(H2,15,18)(H,19,20). The van der Waals surface area contributed by atoms with Gasteiger partial charge in [0.15, 0.2) is 0 Å². The van der Waals surface area contributed by atoms with Gasteiger partial charge in [0, 0.05) is 12.4 Å². The zero-order chi connectivity index (χ0) is 14.9. The molecule has 0 radical (unpaired) electrons. The molecule has 1 heterocycles.